The van der Waals surface area contributed by atoms with Crippen molar-refractivity contribution >= 4 is 34.8 Å². The first-order valence-electron chi connectivity index (χ1n) is 7.31. The third-order valence-corrected chi connectivity index (χ3v) is 3.67. The van der Waals surface area contributed by atoms with Gasteiger partial charge < -0.3 is 11.5 Å². The van der Waals surface area contributed by atoms with Crippen LogP contribution in [0.25, 0.3) is 34.8 Å². The Morgan fingerprint density at radius 3 is 2.50 bits per heavy atom. The van der Waals surface area contributed by atoms with Gasteiger partial charge in [-0.25, -0.2) is 9.61 Å². The van der Waals surface area contributed by atoms with Gasteiger partial charge in [-0.2, -0.15) is 0 Å². The topological polar surface area (TPSA) is 109 Å². The first kappa shape index (κ1) is 14.0. The lowest BCUT2D eigenvalue weighted by atomic mass is 10.2. The van der Waals surface area contributed by atoms with Crippen LogP contribution < -0.4 is 11.5 Å². The number of nitrogen functional groups attached to an aromatic ring is 2. The van der Waals surface area contributed by atoms with Crippen LogP contribution in [0.3, 0.4) is 0 Å². The SMILES string of the molecule is Nc1ccc(C=Cn2c(-c3nonc3N)nc3ccccc32)cc1. The molecular weight excluding hydrogens is 304 g/mol. The molecule has 0 aliphatic carbocycles. The van der Waals surface area contributed by atoms with Gasteiger partial charge in [0, 0.05) is 11.9 Å². The molecule has 2 aromatic heterocycles. The Hall–Kier alpha value is -3.61. The molecule has 0 bridgehead atoms. The van der Waals surface area contributed by atoms with E-state index in [9.17, 15) is 0 Å². The highest BCUT2D eigenvalue weighted by Crippen LogP contribution is 2.27. The zero-order valence-electron chi connectivity index (χ0n) is 12.6. The Kier molecular flexibility index (Phi) is 3.24. The van der Waals surface area contributed by atoms with Crippen LogP contribution in [-0.2, 0) is 0 Å². The van der Waals surface area contributed by atoms with Crippen LogP contribution in [0.2, 0.25) is 0 Å². The predicted molar refractivity (Wildman–Crippen MR) is 93.5 cm³/mol. The van der Waals surface area contributed by atoms with Gasteiger partial charge in [0.05, 0.1) is 11.0 Å². The van der Waals surface area contributed by atoms with Crippen molar-refractivity contribution in [2.45, 2.75) is 0 Å². The van der Waals surface area contributed by atoms with E-state index in [1.54, 1.807) is 0 Å². The number of nitrogens with zero attached hydrogens (tertiary/aromatic N) is 4. The third-order valence-electron chi connectivity index (χ3n) is 3.67. The van der Waals surface area contributed by atoms with Crippen LogP contribution in [0.15, 0.2) is 53.2 Å². The summed E-state index contributed by atoms with van der Waals surface area (Å²) in [5.41, 5.74) is 15.5. The summed E-state index contributed by atoms with van der Waals surface area (Å²) in [6, 6.07) is 15.4. The minimum atomic E-state index is 0.201. The highest BCUT2D eigenvalue weighted by Gasteiger charge is 2.17. The molecule has 4 rings (SSSR count). The largest absolute Gasteiger partial charge is 0.399 e. The fourth-order valence-corrected chi connectivity index (χ4v) is 2.48. The highest BCUT2D eigenvalue weighted by molar-refractivity contribution is 5.85. The van der Waals surface area contributed by atoms with Gasteiger partial charge in [-0.05, 0) is 46.2 Å². The van der Waals surface area contributed by atoms with Crippen molar-refractivity contribution in [3.8, 4) is 11.5 Å². The van der Waals surface area contributed by atoms with Crippen molar-refractivity contribution in [3.63, 3.8) is 0 Å². The molecule has 0 aliphatic rings. The maximum absolute atomic E-state index is 5.83. The number of benzene rings is 2. The molecular formula is C17H14N6O. The van der Waals surface area contributed by atoms with Crippen LogP contribution in [0.1, 0.15) is 5.56 Å². The lowest BCUT2D eigenvalue weighted by Gasteiger charge is -2.01. The third kappa shape index (κ3) is 2.38. The standard InChI is InChI=1S/C17H14N6O/c18-12-7-5-11(6-8-12)9-10-23-14-4-2-1-3-13(14)20-17(23)15-16(19)22-24-21-15/h1-10H,18H2,(H2,19,22). The van der Waals surface area contributed by atoms with E-state index in [0.717, 1.165) is 22.3 Å². The number of para-hydroxylation sites is 2. The fraction of sp³-hybridized carbons (Fsp3) is 0. The molecule has 7 nitrogen and oxygen atoms in total. The van der Waals surface area contributed by atoms with Crippen molar-refractivity contribution in [1.82, 2.24) is 19.9 Å². The molecule has 0 saturated heterocycles. The van der Waals surface area contributed by atoms with Crippen molar-refractivity contribution in [1.29, 1.82) is 0 Å². The fourth-order valence-electron chi connectivity index (χ4n) is 2.48. The number of aromatic nitrogens is 4. The lowest BCUT2D eigenvalue weighted by Crippen LogP contribution is -1.95. The van der Waals surface area contributed by atoms with Crippen molar-refractivity contribution in [3.05, 3.63) is 54.1 Å². The summed E-state index contributed by atoms with van der Waals surface area (Å²) in [7, 11) is 0. The Bertz CT molecular complexity index is 1030. The quantitative estimate of drug-likeness (QED) is 0.562. The average molecular weight is 318 g/mol. The van der Waals surface area contributed by atoms with E-state index in [4.69, 9.17) is 16.1 Å². The van der Waals surface area contributed by atoms with Gasteiger partial charge in [-0.15, -0.1) is 0 Å². The number of imidazole rings is 1. The molecule has 4 aromatic rings. The van der Waals surface area contributed by atoms with Crippen molar-refractivity contribution < 1.29 is 4.63 Å². The average Bonchev–Trinajstić information content (AvgIpc) is 3.17. The summed E-state index contributed by atoms with van der Waals surface area (Å²) < 4.78 is 6.61. The number of hydrogen-bond acceptors (Lipinski definition) is 6. The minimum Gasteiger partial charge on any atom is -0.399 e. The van der Waals surface area contributed by atoms with Crippen LogP contribution in [-0.4, -0.2) is 19.9 Å². The Morgan fingerprint density at radius 1 is 0.958 bits per heavy atom. The van der Waals surface area contributed by atoms with Gasteiger partial charge in [0.2, 0.25) is 0 Å². The van der Waals surface area contributed by atoms with Crippen LogP contribution in [0.4, 0.5) is 11.5 Å². The van der Waals surface area contributed by atoms with E-state index in [2.05, 4.69) is 15.3 Å². The first-order chi connectivity index (χ1) is 11.7. The second-order valence-corrected chi connectivity index (χ2v) is 5.27. The second kappa shape index (κ2) is 5.54. The summed E-state index contributed by atoms with van der Waals surface area (Å²) in [5.74, 6) is 0.772. The van der Waals surface area contributed by atoms with E-state index in [0.29, 0.717) is 11.5 Å². The number of rotatable bonds is 3. The maximum atomic E-state index is 5.83. The maximum Gasteiger partial charge on any atom is 0.199 e. The monoisotopic (exact) mass is 318 g/mol. The molecule has 0 amide bonds. The zero-order valence-corrected chi connectivity index (χ0v) is 12.6. The molecule has 0 radical (unpaired) electrons. The van der Waals surface area contributed by atoms with E-state index in [-0.39, 0.29) is 5.82 Å². The molecule has 2 heterocycles. The molecule has 24 heavy (non-hydrogen) atoms. The number of nitrogens with two attached hydrogens (primary N) is 2. The molecule has 0 aliphatic heterocycles. The first-order valence-corrected chi connectivity index (χ1v) is 7.31. The summed E-state index contributed by atoms with van der Waals surface area (Å²) in [5, 5.41) is 7.50. The summed E-state index contributed by atoms with van der Waals surface area (Å²) in [4.78, 5) is 4.59. The van der Waals surface area contributed by atoms with E-state index in [1.807, 2.05) is 65.4 Å². The number of anilines is 2. The summed E-state index contributed by atoms with van der Waals surface area (Å²) in [6.45, 7) is 0. The summed E-state index contributed by atoms with van der Waals surface area (Å²) in [6.07, 6.45) is 3.87. The molecule has 0 saturated carbocycles. The zero-order chi connectivity index (χ0) is 16.5. The van der Waals surface area contributed by atoms with Gasteiger partial charge in [-0.1, -0.05) is 24.3 Å². The summed E-state index contributed by atoms with van der Waals surface area (Å²) >= 11 is 0. The molecule has 0 spiro atoms. The van der Waals surface area contributed by atoms with E-state index >= 15 is 0 Å². The number of fused-ring (bicyclic) bond motifs is 1. The van der Waals surface area contributed by atoms with Crippen molar-refractivity contribution in [2.75, 3.05) is 11.5 Å². The van der Waals surface area contributed by atoms with Crippen molar-refractivity contribution in [2.24, 2.45) is 0 Å². The van der Waals surface area contributed by atoms with E-state index in [1.165, 1.54) is 0 Å². The molecule has 4 N–H and O–H groups in total. The molecule has 118 valence electrons. The molecule has 0 atom stereocenters. The van der Waals surface area contributed by atoms with Gasteiger partial charge >= 0.3 is 0 Å². The highest BCUT2D eigenvalue weighted by atomic mass is 16.6. The van der Waals surface area contributed by atoms with Crippen LogP contribution in [0, 0.1) is 0 Å². The van der Waals surface area contributed by atoms with Crippen LogP contribution in [0.5, 0.6) is 0 Å². The molecule has 2 aromatic carbocycles. The smallest absolute Gasteiger partial charge is 0.199 e. The van der Waals surface area contributed by atoms with Gasteiger partial charge in [0.15, 0.2) is 17.3 Å². The van der Waals surface area contributed by atoms with E-state index < -0.39 is 0 Å². The second-order valence-electron chi connectivity index (χ2n) is 5.27. The Morgan fingerprint density at radius 2 is 1.75 bits per heavy atom. The lowest BCUT2D eigenvalue weighted by molar-refractivity contribution is 0.310. The molecule has 0 unspecified atom stereocenters. The minimum absolute atomic E-state index is 0.201. The van der Waals surface area contributed by atoms with Gasteiger partial charge in [0.1, 0.15) is 0 Å². The predicted octanol–water partition coefficient (Wildman–Crippen LogP) is 2.88. The number of hydrogen-bond donors (Lipinski definition) is 2. The normalized spacial score (nSPS) is 11.5. The molecule has 7 heteroatoms. The van der Waals surface area contributed by atoms with Gasteiger partial charge in [0.25, 0.3) is 0 Å². The molecule has 0 fully saturated rings. The van der Waals surface area contributed by atoms with Crippen LogP contribution >= 0.6 is 0 Å². The Balaban J connectivity index is 1.86. The van der Waals surface area contributed by atoms with Gasteiger partial charge in [-0.3, -0.25) is 4.57 Å². The Labute approximate surface area is 137 Å².